The summed E-state index contributed by atoms with van der Waals surface area (Å²) in [7, 11) is -3.92. The molecule has 0 saturated carbocycles. The van der Waals surface area contributed by atoms with E-state index in [0.29, 0.717) is 6.54 Å². The molecule has 0 spiro atoms. The highest BCUT2D eigenvalue weighted by Crippen LogP contribution is 2.24. The molecule has 0 aliphatic rings. The van der Waals surface area contributed by atoms with Gasteiger partial charge in [0.15, 0.2) is 0 Å². The van der Waals surface area contributed by atoms with Gasteiger partial charge in [0.1, 0.15) is 4.90 Å². The Labute approximate surface area is 135 Å². The van der Waals surface area contributed by atoms with Gasteiger partial charge in [-0.2, -0.15) is 4.72 Å². The second kappa shape index (κ2) is 7.98. The fourth-order valence-corrected chi connectivity index (χ4v) is 3.54. The summed E-state index contributed by atoms with van der Waals surface area (Å²) in [6.07, 6.45) is 1.78. The highest BCUT2D eigenvalue weighted by atomic mass is 35.5. The normalized spacial score (nSPS) is 13.0. The summed E-state index contributed by atoms with van der Waals surface area (Å²) in [5, 5.41) is 2.96. The van der Waals surface area contributed by atoms with Crippen molar-refractivity contribution >= 4 is 39.1 Å². The second-order valence-corrected chi connectivity index (χ2v) is 7.09. The van der Waals surface area contributed by atoms with Crippen LogP contribution in [-0.4, -0.2) is 26.9 Å². The minimum Gasteiger partial charge on any atom is -0.355 e. The molecule has 1 rings (SSSR count). The molecule has 0 aliphatic carbocycles. The maximum atomic E-state index is 12.2. The van der Waals surface area contributed by atoms with Crippen molar-refractivity contribution in [1.29, 1.82) is 0 Å². The Kier molecular flexibility index (Phi) is 6.93. The summed E-state index contributed by atoms with van der Waals surface area (Å²) in [6.45, 7) is 3.98. The summed E-state index contributed by atoms with van der Waals surface area (Å²) in [6, 6.07) is 3.23. The van der Waals surface area contributed by atoms with E-state index in [4.69, 9.17) is 23.2 Å². The van der Waals surface area contributed by atoms with E-state index in [0.717, 1.165) is 12.8 Å². The third kappa shape index (κ3) is 5.47. The Hall–Kier alpha value is -0.820. The van der Waals surface area contributed by atoms with Gasteiger partial charge < -0.3 is 5.32 Å². The lowest BCUT2D eigenvalue weighted by Gasteiger charge is -2.15. The molecule has 0 heterocycles. The molecule has 0 fully saturated rings. The molecule has 0 bridgehead atoms. The zero-order chi connectivity index (χ0) is 16.0. The number of hydrogen-bond acceptors (Lipinski definition) is 3. The molecule has 0 unspecified atom stereocenters. The van der Waals surface area contributed by atoms with Crippen LogP contribution in [0, 0.1) is 0 Å². The number of rotatable bonds is 7. The molecule has 8 heteroatoms. The number of carbonyl (C=O) groups excluding carboxylic acids is 1. The summed E-state index contributed by atoms with van der Waals surface area (Å²) in [5.74, 6) is -0.384. The number of sulfonamides is 1. The van der Waals surface area contributed by atoms with E-state index in [2.05, 4.69) is 10.0 Å². The van der Waals surface area contributed by atoms with Crippen molar-refractivity contribution in [2.45, 2.75) is 37.6 Å². The lowest BCUT2D eigenvalue weighted by Crippen LogP contribution is -2.45. The van der Waals surface area contributed by atoms with Crippen LogP contribution in [0.1, 0.15) is 26.7 Å². The maximum Gasteiger partial charge on any atom is 0.242 e. The third-order valence-corrected chi connectivity index (χ3v) is 4.99. The molecule has 0 saturated heterocycles. The summed E-state index contributed by atoms with van der Waals surface area (Å²) < 4.78 is 26.7. The molecule has 0 radical (unpaired) electrons. The monoisotopic (exact) mass is 352 g/mol. The van der Waals surface area contributed by atoms with Crippen LogP contribution in [-0.2, 0) is 14.8 Å². The Morgan fingerprint density at radius 2 is 2.00 bits per heavy atom. The molecular formula is C13H18Cl2N2O3S. The fraction of sp³-hybridized carbons (Fsp3) is 0.462. The van der Waals surface area contributed by atoms with Crippen LogP contribution in [0.15, 0.2) is 23.1 Å². The molecule has 5 nitrogen and oxygen atoms in total. The van der Waals surface area contributed by atoms with Crippen LogP contribution in [0.3, 0.4) is 0 Å². The first kappa shape index (κ1) is 18.2. The molecular weight excluding hydrogens is 335 g/mol. The van der Waals surface area contributed by atoms with Crippen LogP contribution >= 0.6 is 23.2 Å². The molecule has 1 atom stereocenters. The Morgan fingerprint density at radius 1 is 1.33 bits per heavy atom. The van der Waals surface area contributed by atoms with Crippen molar-refractivity contribution in [3.8, 4) is 0 Å². The summed E-state index contributed by atoms with van der Waals surface area (Å²) in [5.41, 5.74) is 0. The molecule has 2 N–H and O–H groups in total. The van der Waals surface area contributed by atoms with E-state index < -0.39 is 16.1 Å². The van der Waals surface area contributed by atoms with Crippen molar-refractivity contribution in [2.24, 2.45) is 0 Å². The number of unbranched alkanes of at least 4 members (excludes halogenated alkanes) is 1. The SMILES string of the molecule is CCCCNC(=O)[C@@H](C)NS(=O)(=O)c1cc(Cl)ccc1Cl. The molecule has 118 valence electrons. The predicted octanol–water partition coefficient (Wildman–Crippen LogP) is 2.58. The van der Waals surface area contributed by atoms with Crippen LogP contribution in [0.5, 0.6) is 0 Å². The largest absolute Gasteiger partial charge is 0.355 e. The Balaban J connectivity index is 2.80. The van der Waals surface area contributed by atoms with Crippen molar-refractivity contribution < 1.29 is 13.2 Å². The lowest BCUT2D eigenvalue weighted by molar-refractivity contribution is -0.122. The van der Waals surface area contributed by atoms with Crippen molar-refractivity contribution in [3.63, 3.8) is 0 Å². The first-order valence-corrected chi connectivity index (χ1v) is 8.77. The van der Waals surface area contributed by atoms with E-state index in [-0.39, 0.29) is 20.8 Å². The highest BCUT2D eigenvalue weighted by Gasteiger charge is 2.24. The van der Waals surface area contributed by atoms with E-state index in [1.54, 1.807) is 0 Å². The second-order valence-electron chi connectivity index (χ2n) is 4.56. The first-order chi connectivity index (χ1) is 9.77. The molecule has 1 aromatic carbocycles. The molecule has 1 aromatic rings. The van der Waals surface area contributed by atoms with Gasteiger partial charge >= 0.3 is 0 Å². The third-order valence-electron chi connectivity index (χ3n) is 2.74. The maximum absolute atomic E-state index is 12.2. The lowest BCUT2D eigenvalue weighted by atomic mass is 10.3. The van der Waals surface area contributed by atoms with Crippen molar-refractivity contribution in [3.05, 3.63) is 28.2 Å². The van der Waals surface area contributed by atoms with Gasteiger partial charge in [-0.25, -0.2) is 8.42 Å². The minimum atomic E-state index is -3.92. The van der Waals surface area contributed by atoms with E-state index >= 15 is 0 Å². The number of carbonyl (C=O) groups is 1. The Bertz CT molecular complexity index is 605. The number of nitrogens with one attached hydrogen (secondary N) is 2. The number of hydrogen-bond donors (Lipinski definition) is 2. The highest BCUT2D eigenvalue weighted by molar-refractivity contribution is 7.89. The first-order valence-electron chi connectivity index (χ1n) is 6.53. The van der Waals surface area contributed by atoms with Crippen LogP contribution in [0.25, 0.3) is 0 Å². The van der Waals surface area contributed by atoms with Gasteiger partial charge in [0, 0.05) is 11.6 Å². The molecule has 0 aromatic heterocycles. The van der Waals surface area contributed by atoms with Gasteiger partial charge in [-0.15, -0.1) is 0 Å². The zero-order valence-electron chi connectivity index (χ0n) is 11.8. The van der Waals surface area contributed by atoms with Gasteiger partial charge in [-0.1, -0.05) is 36.5 Å². The zero-order valence-corrected chi connectivity index (χ0v) is 14.1. The average Bonchev–Trinajstić information content (AvgIpc) is 2.41. The average molecular weight is 353 g/mol. The number of amides is 1. The van der Waals surface area contributed by atoms with Gasteiger partial charge in [0.2, 0.25) is 15.9 Å². The van der Waals surface area contributed by atoms with Crippen LogP contribution in [0.2, 0.25) is 10.0 Å². The smallest absolute Gasteiger partial charge is 0.242 e. The topological polar surface area (TPSA) is 75.3 Å². The summed E-state index contributed by atoms with van der Waals surface area (Å²) in [4.78, 5) is 11.6. The van der Waals surface area contributed by atoms with Gasteiger partial charge in [0.05, 0.1) is 11.1 Å². The number of halogens is 2. The minimum absolute atomic E-state index is 0.0468. The van der Waals surface area contributed by atoms with E-state index in [1.807, 2.05) is 6.92 Å². The number of benzene rings is 1. The van der Waals surface area contributed by atoms with Crippen LogP contribution < -0.4 is 10.0 Å². The van der Waals surface area contributed by atoms with E-state index in [1.165, 1.54) is 25.1 Å². The van der Waals surface area contributed by atoms with Crippen LogP contribution in [0.4, 0.5) is 0 Å². The van der Waals surface area contributed by atoms with Gasteiger partial charge in [-0.3, -0.25) is 4.79 Å². The quantitative estimate of drug-likeness (QED) is 0.740. The van der Waals surface area contributed by atoms with Crippen molar-refractivity contribution in [2.75, 3.05) is 6.54 Å². The molecule has 21 heavy (non-hydrogen) atoms. The summed E-state index contributed by atoms with van der Waals surface area (Å²) >= 11 is 11.6. The fourth-order valence-electron chi connectivity index (χ4n) is 1.57. The standard InChI is InChI=1S/C13H18Cl2N2O3S/c1-3-4-7-16-13(18)9(2)17-21(19,20)12-8-10(14)5-6-11(12)15/h5-6,8-9,17H,3-4,7H2,1-2H3,(H,16,18)/t9-/m1/s1. The Morgan fingerprint density at radius 3 is 2.62 bits per heavy atom. The van der Waals surface area contributed by atoms with E-state index in [9.17, 15) is 13.2 Å². The molecule has 0 aliphatic heterocycles. The van der Waals surface area contributed by atoms with Gasteiger partial charge in [-0.05, 0) is 31.5 Å². The molecule has 1 amide bonds. The van der Waals surface area contributed by atoms with Gasteiger partial charge in [0.25, 0.3) is 0 Å². The van der Waals surface area contributed by atoms with Crippen molar-refractivity contribution in [1.82, 2.24) is 10.0 Å². The predicted molar refractivity (Wildman–Crippen MR) is 84.2 cm³/mol.